The lowest BCUT2D eigenvalue weighted by Crippen LogP contribution is -2.68. The van der Waals surface area contributed by atoms with E-state index in [-0.39, 0.29) is 18.6 Å². The van der Waals surface area contributed by atoms with Crippen molar-refractivity contribution in [1.82, 2.24) is 14.8 Å². The number of hydrogen-bond donors (Lipinski definition) is 1. The Bertz CT molecular complexity index is 1450. The highest BCUT2D eigenvalue weighted by Crippen LogP contribution is 2.47. The van der Waals surface area contributed by atoms with Crippen LogP contribution in [0.3, 0.4) is 0 Å². The molecule has 6 rings (SSSR count). The molecule has 42 heavy (non-hydrogen) atoms. The smallest absolute Gasteiger partial charge is 0.261 e. The van der Waals surface area contributed by atoms with Crippen molar-refractivity contribution >= 4 is 39.8 Å². The highest BCUT2D eigenvalue weighted by atomic mass is 35.5. The first-order valence-electron chi connectivity index (χ1n) is 14.3. The van der Waals surface area contributed by atoms with Gasteiger partial charge in [-0.1, -0.05) is 29.8 Å². The zero-order valence-corrected chi connectivity index (χ0v) is 25.5. The molecule has 2 atom stereocenters. The fraction of sp³-hybridized carbons (Fsp3) is 0.500. The molecule has 1 unspecified atom stereocenters. The zero-order chi connectivity index (χ0) is 29.6. The summed E-state index contributed by atoms with van der Waals surface area (Å²) < 4.78 is 17.8. The lowest BCUT2D eigenvalue weighted by atomic mass is 9.95. The summed E-state index contributed by atoms with van der Waals surface area (Å²) in [6.07, 6.45) is 3.39. The largest absolute Gasteiger partial charge is 0.444 e. The number of nitrogens with zero attached hydrogens (tertiary/aromatic N) is 4. The van der Waals surface area contributed by atoms with Gasteiger partial charge in [0.05, 0.1) is 29.3 Å². The van der Waals surface area contributed by atoms with Gasteiger partial charge in [-0.05, 0) is 51.7 Å². The third-order valence-electron chi connectivity index (χ3n) is 8.37. The number of thiophene rings is 1. The van der Waals surface area contributed by atoms with E-state index in [0.717, 1.165) is 24.8 Å². The Morgan fingerprint density at radius 1 is 1.26 bits per heavy atom. The Hall–Kier alpha value is -2.96. The van der Waals surface area contributed by atoms with E-state index in [4.69, 9.17) is 25.5 Å². The zero-order valence-electron chi connectivity index (χ0n) is 23.9. The molecule has 12 heteroatoms. The average Bonchev–Trinajstić information content (AvgIpc) is 3.58. The van der Waals surface area contributed by atoms with Crippen LogP contribution in [0.5, 0.6) is 0 Å². The summed E-state index contributed by atoms with van der Waals surface area (Å²) in [7, 11) is 0. The Kier molecular flexibility index (Phi) is 8.05. The molecule has 10 nitrogen and oxygen atoms in total. The first-order chi connectivity index (χ1) is 20.2. The van der Waals surface area contributed by atoms with Gasteiger partial charge in [0.1, 0.15) is 22.9 Å². The summed E-state index contributed by atoms with van der Waals surface area (Å²) in [5, 5.41) is 13.1. The highest BCUT2D eigenvalue weighted by molar-refractivity contribution is 7.20. The molecule has 3 aliphatic rings. The number of aliphatic hydroxyl groups excluding tert-OH is 1. The Morgan fingerprint density at radius 2 is 2.00 bits per heavy atom. The third kappa shape index (κ3) is 5.11. The minimum atomic E-state index is -1.44. The van der Waals surface area contributed by atoms with E-state index in [1.54, 1.807) is 29.8 Å². The second-order valence-corrected chi connectivity index (χ2v) is 12.8. The third-order valence-corrected chi connectivity index (χ3v) is 10.0. The van der Waals surface area contributed by atoms with Gasteiger partial charge in [-0.25, -0.2) is 4.98 Å². The number of ether oxygens (including phenoxy) is 2. The van der Waals surface area contributed by atoms with Crippen molar-refractivity contribution in [2.45, 2.75) is 64.1 Å². The van der Waals surface area contributed by atoms with E-state index in [0.29, 0.717) is 58.2 Å². The molecule has 1 aromatic carbocycles. The number of aliphatic hydroxyl groups is 1. The monoisotopic (exact) mass is 614 g/mol. The van der Waals surface area contributed by atoms with E-state index < -0.39 is 23.9 Å². The van der Waals surface area contributed by atoms with E-state index >= 15 is 0 Å². The number of aromatic nitrogens is 1. The number of carbonyl (C=O) groups is 2. The van der Waals surface area contributed by atoms with Crippen molar-refractivity contribution in [3.05, 3.63) is 58.4 Å². The molecule has 2 amide bonds. The van der Waals surface area contributed by atoms with E-state index in [1.807, 2.05) is 31.2 Å². The average molecular weight is 615 g/mol. The van der Waals surface area contributed by atoms with Crippen molar-refractivity contribution < 1.29 is 28.6 Å². The van der Waals surface area contributed by atoms with Crippen molar-refractivity contribution in [3.8, 4) is 10.8 Å². The predicted octanol–water partition coefficient (Wildman–Crippen LogP) is 4.85. The van der Waals surface area contributed by atoms with Crippen LogP contribution in [-0.4, -0.2) is 82.5 Å². The number of hydrogen-bond acceptors (Lipinski definition) is 9. The van der Waals surface area contributed by atoms with Gasteiger partial charge in [-0.3, -0.25) is 14.5 Å². The van der Waals surface area contributed by atoms with E-state index in [1.165, 1.54) is 22.5 Å². The van der Waals surface area contributed by atoms with Crippen LogP contribution in [0.4, 0.5) is 5.00 Å². The van der Waals surface area contributed by atoms with Crippen LogP contribution in [0, 0.1) is 6.92 Å². The lowest BCUT2D eigenvalue weighted by molar-refractivity contribution is -0.151. The molecule has 0 bridgehead atoms. The fourth-order valence-corrected chi connectivity index (χ4v) is 7.39. The van der Waals surface area contributed by atoms with Crippen LogP contribution in [0.15, 0.2) is 41.1 Å². The number of likely N-dealkylation sites (tertiary alicyclic amines) is 1. The van der Waals surface area contributed by atoms with Crippen molar-refractivity contribution in [1.29, 1.82) is 0 Å². The molecule has 2 fully saturated rings. The summed E-state index contributed by atoms with van der Waals surface area (Å²) in [5.41, 5.74) is 0.550. The maximum atomic E-state index is 14.2. The van der Waals surface area contributed by atoms with Gasteiger partial charge in [-0.2, -0.15) is 0 Å². The topological polar surface area (TPSA) is 109 Å². The molecule has 0 saturated carbocycles. The Balaban J connectivity index is 1.44. The van der Waals surface area contributed by atoms with Crippen molar-refractivity contribution in [3.63, 3.8) is 0 Å². The molecular formula is C30H35ClN4O6S. The first kappa shape index (κ1) is 29.1. The van der Waals surface area contributed by atoms with Crippen LogP contribution in [0.2, 0.25) is 5.02 Å². The molecule has 0 aliphatic carbocycles. The first-order valence-corrected chi connectivity index (χ1v) is 15.5. The van der Waals surface area contributed by atoms with Gasteiger partial charge < -0.3 is 28.8 Å². The summed E-state index contributed by atoms with van der Waals surface area (Å²) >= 11 is 8.02. The minimum Gasteiger partial charge on any atom is -0.444 e. The molecule has 0 radical (unpaired) electrons. The second kappa shape index (κ2) is 11.6. The summed E-state index contributed by atoms with van der Waals surface area (Å²) in [6, 6.07) is 7.50. The van der Waals surface area contributed by atoms with Crippen LogP contribution in [0.1, 0.15) is 60.7 Å². The Morgan fingerprint density at radius 3 is 2.64 bits per heavy atom. The van der Waals surface area contributed by atoms with Gasteiger partial charge in [0.2, 0.25) is 18.1 Å². The van der Waals surface area contributed by atoms with E-state index in [9.17, 15) is 14.7 Å². The van der Waals surface area contributed by atoms with Crippen molar-refractivity contribution in [2.75, 3.05) is 37.7 Å². The maximum absolute atomic E-state index is 14.2. The number of amides is 2. The summed E-state index contributed by atoms with van der Waals surface area (Å²) in [5.74, 6) is -0.233. The molecule has 3 aromatic rings. The molecule has 5 heterocycles. The quantitative estimate of drug-likeness (QED) is 0.384. The standard InChI is InChI=1S/C30H35ClN4O6S/c1-18-23-26(36)35(30(2,3)28(37)33-12-6-13-33)29(38)34(27(23)42-24(18)25-32-11-16-40-25)17-22(20-7-4-5-8-21(20)31)41-19-9-14-39-15-10-19/h4-5,7-8,11,16,19,22,29,38H,6,9-10,12-15,17H2,1-3H3/t22-,29?/m0/s1. The normalized spacial score (nSPS) is 20.5. The van der Waals surface area contributed by atoms with Gasteiger partial charge in [0.15, 0.2) is 0 Å². The lowest BCUT2D eigenvalue weighted by Gasteiger charge is -2.50. The number of oxazole rings is 1. The number of benzene rings is 1. The molecular weight excluding hydrogens is 580 g/mol. The van der Waals surface area contributed by atoms with Gasteiger partial charge in [-0.15, -0.1) is 11.3 Å². The van der Waals surface area contributed by atoms with Gasteiger partial charge >= 0.3 is 0 Å². The number of carbonyl (C=O) groups excluding carboxylic acids is 2. The molecule has 1 N–H and O–H groups in total. The molecule has 3 aliphatic heterocycles. The highest BCUT2D eigenvalue weighted by Gasteiger charge is 2.51. The van der Waals surface area contributed by atoms with Crippen LogP contribution in [-0.2, 0) is 14.3 Å². The number of fused-ring (bicyclic) bond motifs is 1. The summed E-state index contributed by atoms with van der Waals surface area (Å²) in [4.78, 5) is 37.6. The molecule has 2 saturated heterocycles. The molecule has 224 valence electrons. The van der Waals surface area contributed by atoms with Gasteiger partial charge in [0.25, 0.3) is 5.91 Å². The van der Waals surface area contributed by atoms with Gasteiger partial charge in [0, 0.05) is 36.9 Å². The van der Waals surface area contributed by atoms with Crippen LogP contribution < -0.4 is 4.90 Å². The fourth-order valence-electron chi connectivity index (χ4n) is 5.86. The number of rotatable bonds is 8. The maximum Gasteiger partial charge on any atom is 0.261 e. The number of anilines is 1. The number of halogens is 1. The minimum absolute atomic E-state index is 0.0588. The molecule has 0 spiro atoms. The SMILES string of the molecule is Cc1c(-c2ncco2)sc2c1C(=O)N(C(C)(C)C(=O)N1CCC1)C(O)N2C[C@H](OC1CCOCC1)c1ccccc1Cl. The summed E-state index contributed by atoms with van der Waals surface area (Å²) in [6.45, 7) is 7.89. The van der Waals surface area contributed by atoms with E-state index in [2.05, 4.69) is 4.98 Å². The molecule has 2 aromatic heterocycles. The van der Waals surface area contributed by atoms with Crippen LogP contribution in [0.25, 0.3) is 10.8 Å². The van der Waals surface area contributed by atoms with Crippen LogP contribution >= 0.6 is 22.9 Å². The second-order valence-electron chi connectivity index (χ2n) is 11.4. The Labute approximate surface area is 253 Å². The van der Waals surface area contributed by atoms with Crippen molar-refractivity contribution in [2.24, 2.45) is 0 Å². The predicted molar refractivity (Wildman–Crippen MR) is 158 cm³/mol.